The Kier molecular flexibility index (Phi) is 4.43. The first kappa shape index (κ1) is 15.7. The van der Waals surface area contributed by atoms with Gasteiger partial charge >= 0.3 is 5.97 Å². The Morgan fingerprint density at radius 1 is 1.39 bits per heavy atom. The molecule has 1 aromatic carbocycles. The van der Waals surface area contributed by atoms with Gasteiger partial charge in [0.1, 0.15) is 12.1 Å². The van der Waals surface area contributed by atoms with Gasteiger partial charge in [-0.3, -0.25) is 9.69 Å². The third-order valence-electron chi connectivity index (χ3n) is 4.51. The number of rotatable bonds is 6. The molecular formula is C17H22N4O2. The van der Waals surface area contributed by atoms with E-state index in [-0.39, 0.29) is 6.54 Å². The number of aryl methyl sites for hydroxylation is 1. The minimum atomic E-state index is -0.763. The van der Waals surface area contributed by atoms with Gasteiger partial charge in [0, 0.05) is 17.5 Å². The fourth-order valence-corrected chi connectivity index (χ4v) is 3.16. The van der Waals surface area contributed by atoms with Crippen molar-refractivity contribution in [2.75, 3.05) is 18.4 Å². The van der Waals surface area contributed by atoms with Gasteiger partial charge in [-0.15, -0.1) is 0 Å². The Morgan fingerprint density at radius 3 is 2.87 bits per heavy atom. The van der Waals surface area contributed by atoms with Crippen LogP contribution >= 0.6 is 0 Å². The summed E-state index contributed by atoms with van der Waals surface area (Å²) in [6, 6.07) is 6.82. The van der Waals surface area contributed by atoms with E-state index in [9.17, 15) is 4.79 Å². The predicted octanol–water partition coefficient (Wildman–Crippen LogP) is 2.29. The van der Waals surface area contributed by atoms with Crippen LogP contribution in [0, 0.1) is 6.92 Å². The molecular weight excluding hydrogens is 292 g/mol. The molecule has 0 radical (unpaired) electrons. The monoisotopic (exact) mass is 314 g/mol. The van der Waals surface area contributed by atoms with Gasteiger partial charge < -0.3 is 10.4 Å². The van der Waals surface area contributed by atoms with Crippen molar-refractivity contribution in [3.8, 4) is 0 Å². The molecule has 6 nitrogen and oxygen atoms in total. The number of benzene rings is 1. The fourth-order valence-electron chi connectivity index (χ4n) is 3.16. The van der Waals surface area contributed by atoms with Crippen LogP contribution < -0.4 is 5.32 Å². The maximum Gasteiger partial charge on any atom is 0.317 e. The Balaban J connectivity index is 1.66. The molecule has 1 aliphatic carbocycles. The predicted molar refractivity (Wildman–Crippen MR) is 89.6 cm³/mol. The molecule has 23 heavy (non-hydrogen) atoms. The fraction of sp³-hybridized carbons (Fsp3) is 0.471. The number of hydrogen-bond donors (Lipinski definition) is 2. The largest absolute Gasteiger partial charge is 0.480 e. The van der Waals surface area contributed by atoms with Crippen LogP contribution in [-0.4, -0.2) is 51.1 Å². The van der Waals surface area contributed by atoms with Gasteiger partial charge in [0.05, 0.1) is 12.1 Å². The number of aliphatic carboxylic acids is 1. The Labute approximate surface area is 135 Å². The molecule has 1 fully saturated rings. The minimum Gasteiger partial charge on any atom is -0.480 e. The van der Waals surface area contributed by atoms with Crippen LogP contribution in [0.3, 0.4) is 0 Å². The average Bonchev–Trinajstić information content (AvgIpc) is 2.48. The summed E-state index contributed by atoms with van der Waals surface area (Å²) in [5.74, 6) is 0.101. The SMILES string of the molecule is CCN(CC(=O)O)C1CC(Nc2ncnc3ccc(C)cc23)C1. The number of hydrogen-bond acceptors (Lipinski definition) is 5. The van der Waals surface area contributed by atoms with E-state index in [0.29, 0.717) is 12.1 Å². The number of carboxylic acid groups (broad SMARTS) is 1. The van der Waals surface area contributed by atoms with E-state index in [1.54, 1.807) is 6.33 Å². The molecule has 0 saturated heterocycles. The summed E-state index contributed by atoms with van der Waals surface area (Å²) in [6.07, 6.45) is 3.47. The Hall–Kier alpha value is -2.21. The molecule has 2 aromatic rings. The molecule has 1 aliphatic rings. The van der Waals surface area contributed by atoms with E-state index in [1.807, 2.05) is 24.0 Å². The normalized spacial score (nSPS) is 20.5. The standard InChI is InChI=1S/C17H22N4O2/c1-3-21(9-16(22)23)13-7-12(8-13)20-17-14-6-11(2)4-5-15(14)18-10-19-17/h4-6,10,12-13H,3,7-9H2,1-2H3,(H,22,23)(H,18,19,20). The van der Waals surface area contributed by atoms with Crippen molar-refractivity contribution in [1.29, 1.82) is 0 Å². The number of nitrogens with one attached hydrogen (secondary N) is 1. The highest BCUT2D eigenvalue weighted by molar-refractivity contribution is 5.89. The molecule has 0 bridgehead atoms. The summed E-state index contributed by atoms with van der Waals surface area (Å²) in [6.45, 7) is 4.94. The van der Waals surface area contributed by atoms with Crippen molar-refractivity contribution in [3.05, 3.63) is 30.1 Å². The van der Waals surface area contributed by atoms with Crippen LogP contribution in [0.4, 0.5) is 5.82 Å². The molecule has 0 atom stereocenters. The average molecular weight is 314 g/mol. The lowest BCUT2D eigenvalue weighted by molar-refractivity contribution is -0.139. The summed E-state index contributed by atoms with van der Waals surface area (Å²) in [4.78, 5) is 21.6. The van der Waals surface area contributed by atoms with Crippen molar-refractivity contribution >= 4 is 22.7 Å². The first-order valence-electron chi connectivity index (χ1n) is 8.00. The lowest BCUT2D eigenvalue weighted by atomic mass is 9.85. The molecule has 0 spiro atoms. The zero-order valence-electron chi connectivity index (χ0n) is 13.5. The second-order valence-corrected chi connectivity index (χ2v) is 6.17. The maximum atomic E-state index is 10.9. The summed E-state index contributed by atoms with van der Waals surface area (Å²) >= 11 is 0. The molecule has 0 unspecified atom stereocenters. The molecule has 1 aromatic heterocycles. The molecule has 1 saturated carbocycles. The Bertz CT molecular complexity index is 713. The van der Waals surface area contributed by atoms with Crippen LogP contribution in [0.5, 0.6) is 0 Å². The maximum absolute atomic E-state index is 10.9. The van der Waals surface area contributed by atoms with Gasteiger partial charge in [0.2, 0.25) is 0 Å². The third-order valence-corrected chi connectivity index (χ3v) is 4.51. The van der Waals surface area contributed by atoms with Crippen molar-refractivity contribution in [1.82, 2.24) is 14.9 Å². The highest BCUT2D eigenvalue weighted by Gasteiger charge is 2.34. The highest BCUT2D eigenvalue weighted by atomic mass is 16.4. The lowest BCUT2D eigenvalue weighted by Gasteiger charge is -2.42. The molecule has 2 N–H and O–H groups in total. The van der Waals surface area contributed by atoms with E-state index >= 15 is 0 Å². The number of carbonyl (C=O) groups is 1. The Morgan fingerprint density at radius 2 is 2.17 bits per heavy atom. The van der Waals surface area contributed by atoms with E-state index < -0.39 is 5.97 Å². The van der Waals surface area contributed by atoms with Crippen molar-refractivity contribution in [3.63, 3.8) is 0 Å². The summed E-state index contributed by atoms with van der Waals surface area (Å²) in [5, 5.41) is 13.5. The summed E-state index contributed by atoms with van der Waals surface area (Å²) < 4.78 is 0. The van der Waals surface area contributed by atoms with Gasteiger partial charge in [-0.1, -0.05) is 18.6 Å². The molecule has 3 rings (SSSR count). The first-order chi connectivity index (χ1) is 11.1. The molecule has 0 aliphatic heterocycles. The van der Waals surface area contributed by atoms with E-state index in [4.69, 9.17) is 5.11 Å². The molecule has 122 valence electrons. The summed E-state index contributed by atoms with van der Waals surface area (Å²) in [7, 11) is 0. The second-order valence-electron chi connectivity index (χ2n) is 6.17. The first-order valence-corrected chi connectivity index (χ1v) is 8.00. The number of likely N-dealkylation sites (N-methyl/N-ethyl adjacent to an activating group) is 1. The number of aromatic nitrogens is 2. The van der Waals surface area contributed by atoms with Gasteiger partial charge in [0.25, 0.3) is 0 Å². The number of fused-ring (bicyclic) bond motifs is 1. The smallest absolute Gasteiger partial charge is 0.317 e. The molecule has 0 amide bonds. The highest BCUT2D eigenvalue weighted by Crippen LogP contribution is 2.30. The van der Waals surface area contributed by atoms with Crippen LogP contribution in [0.15, 0.2) is 24.5 Å². The van der Waals surface area contributed by atoms with Crippen LogP contribution in [0.25, 0.3) is 10.9 Å². The molecule has 6 heteroatoms. The molecule has 1 heterocycles. The quantitative estimate of drug-likeness (QED) is 0.852. The van der Waals surface area contributed by atoms with Crippen molar-refractivity contribution in [2.24, 2.45) is 0 Å². The van der Waals surface area contributed by atoms with Gasteiger partial charge in [-0.2, -0.15) is 0 Å². The van der Waals surface area contributed by atoms with Crippen LogP contribution in [0.1, 0.15) is 25.3 Å². The topological polar surface area (TPSA) is 78.4 Å². The number of carboxylic acids is 1. The number of nitrogens with zero attached hydrogens (tertiary/aromatic N) is 3. The second kappa shape index (κ2) is 6.50. The van der Waals surface area contributed by atoms with E-state index in [0.717, 1.165) is 36.1 Å². The van der Waals surface area contributed by atoms with Gasteiger partial charge in [-0.05, 0) is 38.4 Å². The van der Waals surface area contributed by atoms with Crippen molar-refractivity contribution < 1.29 is 9.90 Å². The number of anilines is 1. The third kappa shape index (κ3) is 3.42. The zero-order valence-corrected chi connectivity index (χ0v) is 13.5. The summed E-state index contributed by atoms with van der Waals surface area (Å²) in [5.41, 5.74) is 2.12. The lowest BCUT2D eigenvalue weighted by Crippen LogP contribution is -2.51. The van der Waals surface area contributed by atoms with E-state index in [2.05, 4.69) is 28.3 Å². The van der Waals surface area contributed by atoms with Crippen LogP contribution in [0.2, 0.25) is 0 Å². The van der Waals surface area contributed by atoms with E-state index in [1.165, 1.54) is 5.56 Å². The van der Waals surface area contributed by atoms with Gasteiger partial charge in [-0.25, -0.2) is 9.97 Å². The zero-order chi connectivity index (χ0) is 16.4. The van der Waals surface area contributed by atoms with Gasteiger partial charge in [0.15, 0.2) is 0 Å². The minimum absolute atomic E-state index is 0.115. The van der Waals surface area contributed by atoms with Crippen LogP contribution in [-0.2, 0) is 4.79 Å². The van der Waals surface area contributed by atoms with Crippen molar-refractivity contribution in [2.45, 2.75) is 38.8 Å².